The molecule has 0 unspecified atom stereocenters. The van der Waals surface area contributed by atoms with E-state index in [2.05, 4.69) is 27.6 Å². The van der Waals surface area contributed by atoms with E-state index in [9.17, 15) is 0 Å². The summed E-state index contributed by atoms with van der Waals surface area (Å²) in [5, 5.41) is 0.501. The minimum absolute atomic E-state index is 0.336. The van der Waals surface area contributed by atoms with Crippen LogP contribution in [0.2, 0.25) is 0 Å². The van der Waals surface area contributed by atoms with Gasteiger partial charge < -0.3 is 0 Å². The molecule has 0 aromatic carbocycles. The van der Waals surface area contributed by atoms with Crippen molar-refractivity contribution in [1.29, 1.82) is 0 Å². The molecule has 0 saturated heterocycles. The summed E-state index contributed by atoms with van der Waals surface area (Å²) < 4.78 is 0. The molecule has 11 heavy (non-hydrogen) atoms. The molecule has 0 aliphatic heterocycles. The molecular weight excluding hydrogens is 158 g/mol. The maximum absolute atomic E-state index is 4.16. The monoisotopic (exact) mass is 169 g/mol. The van der Waals surface area contributed by atoms with Gasteiger partial charge >= 0.3 is 0 Å². The van der Waals surface area contributed by atoms with E-state index in [1.165, 1.54) is 0 Å². The van der Waals surface area contributed by atoms with Gasteiger partial charge in [0, 0.05) is 5.92 Å². The second kappa shape index (κ2) is 3.17. The van der Waals surface area contributed by atoms with Crippen LogP contribution in [0.1, 0.15) is 31.4 Å². The van der Waals surface area contributed by atoms with Gasteiger partial charge in [-0.3, -0.25) is 0 Å². The zero-order chi connectivity index (χ0) is 8.43. The average molecular weight is 169 g/mol. The second-order valence-electron chi connectivity index (χ2n) is 2.70. The first-order chi connectivity index (χ1) is 5.09. The molecule has 0 saturated carbocycles. The van der Waals surface area contributed by atoms with Gasteiger partial charge in [0.1, 0.15) is 11.6 Å². The Balaban J connectivity index is 3.08. The zero-order valence-electron chi connectivity index (χ0n) is 6.87. The topological polar surface area (TPSA) is 38.7 Å². The molecule has 0 fully saturated rings. The van der Waals surface area contributed by atoms with Crippen molar-refractivity contribution in [3.05, 3.63) is 11.6 Å². The molecule has 1 aromatic rings. The first kappa shape index (κ1) is 8.46. The highest BCUT2D eigenvalue weighted by Gasteiger charge is 2.04. The van der Waals surface area contributed by atoms with Crippen LogP contribution in [0.25, 0.3) is 0 Å². The lowest BCUT2D eigenvalue weighted by molar-refractivity contribution is 0.708. The molecule has 0 atom stereocenters. The van der Waals surface area contributed by atoms with Gasteiger partial charge in [-0.2, -0.15) is 0 Å². The summed E-state index contributed by atoms with van der Waals surface area (Å²) in [6, 6.07) is 0. The Morgan fingerprint density at radius 1 is 1.18 bits per heavy atom. The van der Waals surface area contributed by atoms with Crippen molar-refractivity contribution in [1.82, 2.24) is 15.0 Å². The van der Waals surface area contributed by atoms with Gasteiger partial charge in [0.25, 0.3) is 0 Å². The minimum Gasteiger partial charge on any atom is -0.218 e. The van der Waals surface area contributed by atoms with Gasteiger partial charge in [-0.15, -0.1) is 12.6 Å². The fourth-order valence-corrected chi connectivity index (χ4v) is 0.993. The number of nitrogens with zero attached hydrogens (tertiary/aromatic N) is 3. The van der Waals surface area contributed by atoms with Gasteiger partial charge in [0.05, 0.1) is 0 Å². The summed E-state index contributed by atoms with van der Waals surface area (Å²) in [4.78, 5) is 12.2. The molecular formula is C7H11N3S. The van der Waals surface area contributed by atoms with Gasteiger partial charge in [0.2, 0.25) is 0 Å². The first-order valence-corrected chi connectivity index (χ1v) is 3.96. The Hall–Kier alpha value is -0.640. The van der Waals surface area contributed by atoms with Crippen LogP contribution in [0.5, 0.6) is 0 Å². The van der Waals surface area contributed by atoms with E-state index in [4.69, 9.17) is 0 Å². The van der Waals surface area contributed by atoms with Crippen LogP contribution in [0.3, 0.4) is 0 Å². The van der Waals surface area contributed by atoms with Crippen molar-refractivity contribution in [3.63, 3.8) is 0 Å². The summed E-state index contributed by atoms with van der Waals surface area (Å²) in [5.74, 6) is 1.87. The van der Waals surface area contributed by atoms with Crippen LogP contribution in [0.15, 0.2) is 5.16 Å². The molecule has 0 aliphatic rings. The summed E-state index contributed by atoms with van der Waals surface area (Å²) in [6.45, 7) is 5.93. The maximum atomic E-state index is 4.16. The highest BCUT2D eigenvalue weighted by Crippen LogP contribution is 2.09. The normalized spacial score (nSPS) is 10.6. The lowest BCUT2D eigenvalue weighted by Gasteiger charge is -2.03. The van der Waals surface area contributed by atoms with E-state index in [0.29, 0.717) is 11.1 Å². The highest BCUT2D eigenvalue weighted by atomic mass is 32.1. The summed E-state index contributed by atoms with van der Waals surface area (Å²) in [6.07, 6.45) is 0. The third-order valence-corrected chi connectivity index (χ3v) is 1.47. The van der Waals surface area contributed by atoms with E-state index in [1.807, 2.05) is 20.8 Å². The van der Waals surface area contributed by atoms with E-state index < -0.39 is 0 Å². The van der Waals surface area contributed by atoms with Gasteiger partial charge in [-0.25, -0.2) is 15.0 Å². The lowest BCUT2D eigenvalue weighted by Crippen LogP contribution is -2.02. The van der Waals surface area contributed by atoms with Crippen LogP contribution in [-0.2, 0) is 0 Å². The van der Waals surface area contributed by atoms with E-state index >= 15 is 0 Å². The summed E-state index contributed by atoms with van der Waals surface area (Å²) in [7, 11) is 0. The fraction of sp³-hybridized carbons (Fsp3) is 0.571. The van der Waals surface area contributed by atoms with E-state index in [-0.39, 0.29) is 0 Å². The number of aromatic nitrogens is 3. The molecule has 1 heterocycles. The Labute approximate surface area is 71.7 Å². The predicted molar refractivity (Wildman–Crippen MR) is 45.9 cm³/mol. The first-order valence-electron chi connectivity index (χ1n) is 3.51. The van der Waals surface area contributed by atoms with Crippen molar-refractivity contribution in [3.8, 4) is 0 Å². The van der Waals surface area contributed by atoms with Crippen LogP contribution in [0, 0.1) is 6.92 Å². The molecule has 0 radical (unpaired) electrons. The fourth-order valence-electron chi connectivity index (χ4n) is 0.746. The second-order valence-corrected chi connectivity index (χ2v) is 3.10. The highest BCUT2D eigenvalue weighted by molar-refractivity contribution is 7.80. The number of rotatable bonds is 1. The number of thiol groups is 1. The van der Waals surface area contributed by atoms with E-state index in [1.54, 1.807) is 0 Å². The summed E-state index contributed by atoms with van der Waals surface area (Å²) >= 11 is 4.06. The van der Waals surface area contributed by atoms with Gasteiger partial charge in [0.15, 0.2) is 5.16 Å². The quantitative estimate of drug-likeness (QED) is 0.649. The van der Waals surface area contributed by atoms with Crippen LogP contribution < -0.4 is 0 Å². The summed E-state index contributed by atoms with van der Waals surface area (Å²) in [5.41, 5.74) is 0. The number of hydrogen-bond acceptors (Lipinski definition) is 4. The lowest BCUT2D eigenvalue weighted by atomic mass is 10.2. The van der Waals surface area contributed by atoms with Crippen LogP contribution >= 0.6 is 12.6 Å². The smallest absolute Gasteiger partial charge is 0.187 e. The molecule has 0 aliphatic carbocycles. The Kier molecular flexibility index (Phi) is 2.44. The molecule has 0 bridgehead atoms. The van der Waals surface area contributed by atoms with Crippen molar-refractivity contribution >= 4 is 12.6 Å². The third-order valence-electron chi connectivity index (χ3n) is 1.27. The average Bonchev–Trinajstić information content (AvgIpc) is 1.85. The number of aryl methyl sites for hydroxylation is 1. The predicted octanol–water partition coefficient (Wildman–Crippen LogP) is 1.59. The van der Waals surface area contributed by atoms with Crippen molar-refractivity contribution in [2.75, 3.05) is 0 Å². The van der Waals surface area contributed by atoms with E-state index in [0.717, 1.165) is 11.6 Å². The molecule has 0 N–H and O–H groups in total. The Morgan fingerprint density at radius 2 is 1.82 bits per heavy atom. The third kappa shape index (κ3) is 2.15. The minimum atomic E-state index is 0.336. The SMILES string of the molecule is Cc1nc(S)nc(C(C)C)n1. The molecule has 4 heteroatoms. The molecule has 3 nitrogen and oxygen atoms in total. The number of hydrogen-bond donors (Lipinski definition) is 1. The Morgan fingerprint density at radius 3 is 2.27 bits per heavy atom. The molecule has 1 aromatic heterocycles. The molecule has 1 rings (SSSR count). The van der Waals surface area contributed by atoms with Crippen molar-refractivity contribution in [2.45, 2.75) is 31.8 Å². The largest absolute Gasteiger partial charge is 0.218 e. The van der Waals surface area contributed by atoms with Crippen molar-refractivity contribution < 1.29 is 0 Å². The van der Waals surface area contributed by atoms with Gasteiger partial charge in [-0.05, 0) is 6.92 Å². The standard InChI is InChI=1S/C7H11N3S/c1-4(2)6-8-5(3)9-7(11)10-6/h4H,1-3H3,(H,8,9,10,11). The van der Waals surface area contributed by atoms with Crippen molar-refractivity contribution in [2.24, 2.45) is 0 Å². The van der Waals surface area contributed by atoms with Crippen LogP contribution in [-0.4, -0.2) is 15.0 Å². The molecule has 0 amide bonds. The van der Waals surface area contributed by atoms with Gasteiger partial charge in [-0.1, -0.05) is 13.8 Å². The van der Waals surface area contributed by atoms with Crippen LogP contribution in [0.4, 0.5) is 0 Å². The maximum Gasteiger partial charge on any atom is 0.187 e. The Bertz CT molecular complexity index is 240. The molecule has 60 valence electrons. The molecule has 0 spiro atoms. The zero-order valence-corrected chi connectivity index (χ0v) is 7.76.